The predicted molar refractivity (Wildman–Crippen MR) is 40.2 cm³/mol. The highest BCUT2D eigenvalue weighted by molar-refractivity contribution is 5.91. The maximum Gasteiger partial charge on any atom is 0.259 e. The first kappa shape index (κ1) is 8.70. The first-order valence-corrected chi connectivity index (χ1v) is 2.76. The van der Waals surface area contributed by atoms with Crippen molar-refractivity contribution < 1.29 is 4.39 Å². The highest BCUT2D eigenvalue weighted by atomic mass is 19.1. The average Bonchev–Trinajstić information content (AvgIpc) is 1.87. The second-order valence-electron chi connectivity index (χ2n) is 1.73. The Morgan fingerprint density at radius 1 is 1.80 bits per heavy atom. The van der Waals surface area contributed by atoms with Crippen molar-refractivity contribution in [3.63, 3.8) is 0 Å². The zero-order chi connectivity index (χ0) is 7.98. The summed E-state index contributed by atoms with van der Waals surface area (Å²) in [7, 11) is 0. The van der Waals surface area contributed by atoms with Crippen LogP contribution >= 0.6 is 0 Å². The number of hydrogen-bond acceptors (Lipinski definition) is 2. The van der Waals surface area contributed by atoms with Gasteiger partial charge in [0.25, 0.3) is 5.97 Å². The molecule has 3 heteroatoms. The Hall–Kier alpha value is -1.30. The lowest BCUT2D eigenvalue weighted by atomic mass is 10.3. The second-order valence-corrected chi connectivity index (χ2v) is 1.73. The fourth-order valence-electron chi connectivity index (χ4n) is 0.343. The molecule has 0 aromatic carbocycles. The summed E-state index contributed by atoms with van der Waals surface area (Å²) >= 11 is 0. The summed E-state index contributed by atoms with van der Waals surface area (Å²) in [5, 5.41) is 0. The van der Waals surface area contributed by atoms with E-state index in [2.05, 4.69) is 18.0 Å². The van der Waals surface area contributed by atoms with Crippen molar-refractivity contribution in [2.24, 2.45) is 10.7 Å². The van der Waals surface area contributed by atoms with Crippen molar-refractivity contribution >= 4 is 5.97 Å². The van der Waals surface area contributed by atoms with Crippen LogP contribution in [0.5, 0.6) is 0 Å². The molecule has 2 nitrogen and oxygen atoms in total. The third-order valence-corrected chi connectivity index (χ3v) is 0.803. The van der Waals surface area contributed by atoms with Gasteiger partial charge < -0.3 is 5.73 Å². The lowest BCUT2D eigenvalue weighted by Gasteiger charge is -1.91. The number of terminal acetylenes is 1. The number of halogens is 1. The van der Waals surface area contributed by atoms with Gasteiger partial charge in [0.05, 0.1) is 0 Å². The SMILES string of the molecule is C#C/C(F)=N\CCC(=C)N. The van der Waals surface area contributed by atoms with Crippen LogP contribution in [-0.4, -0.2) is 12.5 Å². The van der Waals surface area contributed by atoms with Crippen LogP contribution < -0.4 is 5.73 Å². The smallest absolute Gasteiger partial charge is 0.259 e. The van der Waals surface area contributed by atoms with Gasteiger partial charge in [-0.25, -0.2) is 4.99 Å². The van der Waals surface area contributed by atoms with Crippen molar-refractivity contribution in [3.8, 4) is 12.3 Å². The van der Waals surface area contributed by atoms with Crippen LogP contribution in [-0.2, 0) is 0 Å². The molecule has 0 amide bonds. The van der Waals surface area contributed by atoms with E-state index < -0.39 is 5.97 Å². The molecule has 10 heavy (non-hydrogen) atoms. The maximum absolute atomic E-state index is 12.0. The van der Waals surface area contributed by atoms with E-state index in [1.807, 2.05) is 0 Å². The van der Waals surface area contributed by atoms with Crippen molar-refractivity contribution in [3.05, 3.63) is 12.3 Å². The molecule has 0 heterocycles. The minimum Gasteiger partial charge on any atom is -0.402 e. The van der Waals surface area contributed by atoms with E-state index >= 15 is 0 Å². The Labute approximate surface area is 59.6 Å². The molecule has 0 aliphatic carbocycles. The van der Waals surface area contributed by atoms with Gasteiger partial charge in [-0.05, 0) is 5.92 Å². The molecule has 0 saturated heterocycles. The van der Waals surface area contributed by atoms with Crippen LogP contribution in [0.15, 0.2) is 17.3 Å². The Bertz CT molecular complexity index is 188. The summed E-state index contributed by atoms with van der Waals surface area (Å²) in [5.74, 6) is 0.961. The summed E-state index contributed by atoms with van der Waals surface area (Å²) in [6.45, 7) is 3.68. The van der Waals surface area contributed by atoms with Gasteiger partial charge in [-0.3, -0.25) is 0 Å². The molecular formula is C7H9FN2. The van der Waals surface area contributed by atoms with Crippen LogP contribution in [0.4, 0.5) is 4.39 Å². The molecule has 0 aromatic heterocycles. The summed E-state index contributed by atoms with van der Waals surface area (Å²) in [6.07, 6.45) is 5.15. The van der Waals surface area contributed by atoms with E-state index in [4.69, 9.17) is 5.73 Å². The molecule has 0 spiro atoms. The monoisotopic (exact) mass is 140 g/mol. The fourth-order valence-corrected chi connectivity index (χ4v) is 0.343. The van der Waals surface area contributed by atoms with Gasteiger partial charge in [0.1, 0.15) is 0 Å². The number of rotatable bonds is 3. The highest BCUT2D eigenvalue weighted by Gasteiger charge is 1.88. The zero-order valence-corrected chi connectivity index (χ0v) is 5.60. The Balaban J connectivity index is 3.56. The molecule has 0 unspecified atom stereocenters. The molecule has 0 radical (unpaired) electrons. The van der Waals surface area contributed by atoms with Crippen molar-refractivity contribution in [2.75, 3.05) is 6.54 Å². The summed E-state index contributed by atoms with van der Waals surface area (Å²) in [6, 6.07) is 0. The number of hydrogen-bond donors (Lipinski definition) is 1. The summed E-state index contributed by atoms with van der Waals surface area (Å²) < 4.78 is 12.0. The predicted octanol–water partition coefficient (Wildman–Crippen LogP) is 0.850. The molecule has 2 N–H and O–H groups in total. The molecular weight excluding hydrogens is 131 g/mol. The van der Waals surface area contributed by atoms with Crippen LogP contribution in [0.25, 0.3) is 0 Å². The van der Waals surface area contributed by atoms with Crippen LogP contribution in [0.1, 0.15) is 6.42 Å². The van der Waals surface area contributed by atoms with Gasteiger partial charge in [0.15, 0.2) is 0 Å². The van der Waals surface area contributed by atoms with E-state index in [-0.39, 0.29) is 6.54 Å². The number of nitrogens with two attached hydrogens (primary N) is 1. The quantitative estimate of drug-likeness (QED) is 0.458. The summed E-state index contributed by atoms with van der Waals surface area (Å²) in [5.41, 5.74) is 5.66. The molecule has 0 aromatic rings. The topological polar surface area (TPSA) is 38.4 Å². The number of aliphatic imine (C=N–C) groups is 1. The minimum atomic E-state index is -0.791. The van der Waals surface area contributed by atoms with Gasteiger partial charge in [0, 0.05) is 18.7 Å². The van der Waals surface area contributed by atoms with Gasteiger partial charge in [0.2, 0.25) is 0 Å². The average molecular weight is 140 g/mol. The molecule has 0 saturated carbocycles. The zero-order valence-electron chi connectivity index (χ0n) is 5.60. The normalized spacial score (nSPS) is 10.6. The van der Waals surface area contributed by atoms with Crippen molar-refractivity contribution in [2.45, 2.75) is 6.42 Å². The maximum atomic E-state index is 12.0. The first-order valence-electron chi connectivity index (χ1n) is 2.76. The van der Waals surface area contributed by atoms with Crippen LogP contribution in [0, 0.1) is 12.3 Å². The standard InChI is InChI=1S/C7H9FN2/c1-3-7(8)10-5-4-6(2)9/h1H,2,4-5,9H2/b10-7+. The van der Waals surface area contributed by atoms with E-state index in [1.165, 1.54) is 0 Å². The van der Waals surface area contributed by atoms with E-state index in [1.54, 1.807) is 5.92 Å². The van der Waals surface area contributed by atoms with Gasteiger partial charge in [-0.1, -0.05) is 6.58 Å². The fraction of sp³-hybridized carbons (Fsp3) is 0.286. The molecule has 0 fully saturated rings. The molecule has 0 aliphatic heterocycles. The molecule has 0 bridgehead atoms. The largest absolute Gasteiger partial charge is 0.402 e. The lowest BCUT2D eigenvalue weighted by Crippen LogP contribution is -1.97. The third-order valence-electron chi connectivity index (χ3n) is 0.803. The van der Waals surface area contributed by atoms with Crippen molar-refractivity contribution in [1.29, 1.82) is 0 Å². The number of nitrogens with zero attached hydrogens (tertiary/aromatic N) is 1. The van der Waals surface area contributed by atoms with E-state index in [9.17, 15) is 4.39 Å². The van der Waals surface area contributed by atoms with Gasteiger partial charge >= 0.3 is 0 Å². The highest BCUT2D eigenvalue weighted by Crippen LogP contribution is 1.89. The van der Waals surface area contributed by atoms with Crippen LogP contribution in [0.2, 0.25) is 0 Å². The van der Waals surface area contributed by atoms with E-state index in [0.29, 0.717) is 12.1 Å². The molecule has 0 rings (SSSR count). The molecule has 54 valence electrons. The molecule has 0 aliphatic rings. The Morgan fingerprint density at radius 3 is 2.80 bits per heavy atom. The first-order chi connectivity index (χ1) is 4.66. The van der Waals surface area contributed by atoms with Gasteiger partial charge in [-0.15, -0.1) is 6.42 Å². The second kappa shape index (κ2) is 4.57. The summed E-state index contributed by atoms with van der Waals surface area (Å²) in [4.78, 5) is 3.36. The third kappa shape index (κ3) is 4.85. The molecule has 0 atom stereocenters. The van der Waals surface area contributed by atoms with Crippen molar-refractivity contribution in [1.82, 2.24) is 0 Å². The van der Waals surface area contributed by atoms with Gasteiger partial charge in [-0.2, -0.15) is 4.39 Å². The van der Waals surface area contributed by atoms with E-state index in [0.717, 1.165) is 0 Å². The lowest BCUT2D eigenvalue weighted by molar-refractivity contribution is 0.795. The Kier molecular flexibility index (Phi) is 3.97. The Morgan fingerprint density at radius 2 is 2.40 bits per heavy atom. The van der Waals surface area contributed by atoms with Crippen LogP contribution in [0.3, 0.4) is 0 Å². The minimum absolute atomic E-state index is 0.269.